The summed E-state index contributed by atoms with van der Waals surface area (Å²) in [6.07, 6.45) is 10.3. The van der Waals surface area contributed by atoms with Crippen molar-refractivity contribution in [3.8, 4) is 11.5 Å². The van der Waals surface area contributed by atoms with Crippen LogP contribution in [0.5, 0.6) is 11.5 Å². The highest BCUT2D eigenvalue weighted by Crippen LogP contribution is 2.60. The summed E-state index contributed by atoms with van der Waals surface area (Å²) in [5.74, 6) is 2.20. The van der Waals surface area contributed by atoms with Gasteiger partial charge in [-0.15, -0.1) is 0 Å². The summed E-state index contributed by atoms with van der Waals surface area (Å²) < 4.78 is 31.2. The molecule has 0 spiro atoms. The molecule has 192 valence electrons. The van der Waals surface area contributed by atoms with Crippen molar-refractivity contribution in [3.63, 3.8) is 0 Å². The molecule has 0 saturated heterocycles. The monoisotopic (exact) mass is 511 g/mol. The van der Waals surface area contributed by atoms with E-state index >= 15 is 0 Å². The van der Waals surface area contributed by atoms with Gasteiger partial charge < -0.3 is 9.84 Å². The number of ether oxygens (including phenoxy) is 1. The van der Waals surface area contributed by atoms with Crippen LogP contribution in [0.3, 0.4) is 0 Å². The summed E-state index contributed by atoms with van der Waals surface area (Å²) in [7, 11) is -2.25. The second-order valence-corrected chi connectivity index (χ2v) is 12.6. The molecule has 4 bridgehead atoms. The number of anilines is 1. The molecule has 2 N–H and O–H groups in total. The standard InChI is InChI=1S/C27H33N3O5S/c1-35-25-12-18(3-8-24(25)31)16-28-29-26(32)17-30(36(2,33)34)23-6-4-22(5-7-23)27-13-19-9-20(14-27)11-21(10-19)15-27/h3-8,12,16,19-21,31H,9-11,13-15,17H2,1-2H3,(H,29,32). The van der Waals surface area contributed by atoms with Crippen molar-refractivity contribution < 1.29 is 23.1 Å². The molecule has 9 heteroatoms. The third-order valence-electron chi connectivity index (χ3n) is 8.10. The van der Waals surface area contributed by atoms with Gasteiger partial charge in [-0.25, -0.2) is 13.8 Å². The number of sulfonamides is 1. The van der Waals surface area contributed by atoms with Crippen LogP contribution < -0.4 is 14.5 Å². The Balaban J connectivity index is 1.27. The number of nitrogens with zero attached hydrogens (tertiary/aromatic N) is 2. The molecule has 0 radical (unpaired) electrons. The number of hydrazone groups is 1. The summed E-state index contributed by atoms with van der Waals surface area (Å²) in [4.78, 5) is 12.5. The van der Waals surface area contributed by atoms with Crippen LogP contribution >= 0.6 is 0 Å². The molecule has 0 heterocycles. The van der Waals surface area contributed by atoms with E-state index in [4.69, 9.17) is 4.74 Å². The minimum Gasteiger partial charge on any atom is -0.504 e. The zero-order valence-electron chi connectivity index (χ0n) is 20.7. The Morgan fingerprint density at radius 3 is 2.28 bits per heavy atom. The number of carbonyl (C=O) groups excluding carboxylic acids is 1. The molecule has 6 rings (SSSR count). The quantitative estimate of drug-likeness (QED) is 0.414. The van der Waals surface area contributed by atoms with Crippen LogP contribution in [0.1, 0.15) is 49.7 Å². The molecule has 0 atom stereocenters. The molecule has 8 nitrogen and oxygen atoms in total. The van der Waals surface area contributed by atoms with Gasteiger partial charge in [0, 0.05) is 0 Å². The average Bonchev–Trinajstić information content (AvgIpc) is 2.82. The van der Waals surface area contributed by atoms with Gasteiger partial charge in [0.05, 0.1) is 25.3 Å². The van der Waals surface area contributed by atoms with E-state index in [2.05, 4.69) is 22.7 Å². The highest BCUT2D eigenvalue weighted by molar-refractivity contribution is 7.92. The highest BCUT2D eigenvalue weighted by Gasteiger charge is 2.51. The molecule has 4 fully saturated rings. The molecule has 0 aliphatic heterocycles. The summed E-state index contributed by atoms with van der Waals surface area (Å²) in [6.45, 7) is -0.383. The van der Waals surface area contributed by atoms with Gasteiger partial charge in [-0.05, 0) is 103 Å². The number of phenols is 1. The van der Waals surface area contributed by atoms with E-state index in [0.717, 1.165) is 28.3 Å². The molecule has 2 aromatic rings. The number of methoxy groups -OCH3 is 1. The first-order chi connectivity index (χ1) is 17.1. The van der Waals surface area contributed by atoms with Gasteiger partial charge in [-0.3, -0.25) is 9.10 Å². The summed E-state index contributed by atoms with van der Waals surface area (Å²) >= 11 is 0. The predicted octanol–water partition coefficient (Wildman–Crippen LogP) is 3.78. The Labute approximate surface area is 212 Å². The van der Waals surface area contributed by atoms with E-state index in [1.54, 1.807) is 12.1 Å². The maximum Gasteiger partial charge on any atom is 0.260 e. The van der Waals surface area contributed by atoms with Crippen molar-refractivity contribution in [3.05, 3.63) is 53.6 Å². The molecule has 2 aromatic carbocycles. The lowest BCUT2D eigenvalue weighted by molar-refractivity contribution is -0.119. The average molecular weight is 512 g/mol. The number of phenolic OH excluding ortho intramolecular Hbond substituents is 1. The van der Waals surface area contributed by atoms with Crippen molar-refractivity contribution in [2.45, 2.75) is 43.9 Å². The SMILES string of the molecule is COc1cc(C=NNC(=O)CN(c2ccc(C34CC5CC(CC(C5)C3)C4)cc2)S(C)(=O)=O)ccc1O. The smallest absolute Gasteiger partial charge is 0.260 e. The zero-order valence-corrected chi connectivity index (χ0v) is 21.5. The lowest BCUT2D eigenvalue weighted by Gasteiger charge is -2.57. The van der Waals surface area contributed by atoms with Crippen LogP contribution in [-0.2, 0) is 20.2 Å². The first kappa shape index (κ1) is 24.6. The summed E-state index contributed by atoms with van der Waals surface area (Å²) in [5, 5.41) is 13.6. The van der Waals surface area contributed by atoms with Crippen molar-refractivity contribution in [2.75, 3.05) is 24.2 Å². The first-order valence-electron chi connectivity index (χ1n) is 12.4. The Morgan fingerprint density at radius 1 is 1.11 bits per heavy atom. The van der Waals surface area contributed by atoms with Crippen LogP contribution in [0.15, 0.2) is 47.6 Å². The van der Waals surface area contributed by atoms with E-state index in [1.807, 2.05) is 12.1 Å². The van der Waals surface area contributed by atoms with E-state index in [1.165, 1.54) is 63.5 Å². The second kappa shape index (κ2) is 9.42. The van der Waals surface area contributed by atoms with E-state index in [0.29, 0.717) is 11.3 Å². The van der Waals surface area contributed by atoms with Crippen LogP contribution in [0.2, 0.25) is 0 Å². The lowest BCUT2D eigenvalue weighted by Crippen LogP contribution is -2.48. The Morgan fingerprint density at radius 2 is 1.72 bits per heavy atom. The van der Waals surface area contributed by atoms with Gasteiger partial charge in [0.1, 0.15) is 6.54 Å². The van der Waals surface area contributed by atoms with Crippen LogP contribution in [0.4, 0.5) is 5.69 Å². The fourth-order valence-corrected chi connectivity index (χ4v) is 7.82. The van der Waals surface area contributed by atoms with Crippen LogP contribution in [0, 0.1) is 17.8 Å². The largest absolute Gasteiger partial charge is 0.504 e. The number of benzene rings is 2. The molecular formula is C27H33N3O5S. The molecular weight excluding hydrogens is 478 g/mol. The van der Waals surface area contributed by atoms with Crippen molar-refractivity contribution >= 4 is 27.8 Å². The molecule has 1 amide bonds. The van der Waals surface area contributed by atoms with Gasteiger partial charge in [0.15, 0.2) is 11.5 Å². The number of aromatic hydroxyl groups is 1. The number of hydrogen-bond acceptors (Lipinski definition) is 6. The number of amides is 1. The fraction of sp³-hybridized carbons (Fsp3) is 0.481. The van der Waals surface area contributed by atoms with Crippen molar-refractivity contribution in [1.29, 1.82) is 0 Å². The minimum absolute atomic E-state index is 0.00306. The number of nitrogens with one attached hydrogen (secondary N) is 1. The lowest BCUT2D eigenvalue weighted by atomic mass is 9.48. The van der Waals surface area contributed by atoms with E-state index in [9.17, 15) is 18.3 Å². The minimum atomic E-state index is -3.69. The van der Waals surface area contributed by atoms with Crippen molar-refractivity contribution in [1.82, 2.24) is 5.43 Å². The third-order valence-corrected chi connectivity index (χ3v) is 9.24. The third kappa shape index (κ3) is 4.93. The zero-order chi connectivity index (χ0) is 25.5. The Kier molecular flexibility index (Phi) is 6.44. The molecule has 4 aliphatic rings. The maximum absolute atomic E-state index is 12.5. The van der Waals surface area contributed by atoms with Gasteiger partial charge >= 0.3 is 0 Å². The Hall–Kier alpha value is -3.07. The Bertz CT molecular complexity index is 1240. The molecule has 0 unspecified atom stereocenters. The predicted molar refractivity (Wildman–Crippen MR) is 139 cm³/mol. The van der Waals surface area contributed by atoms with Gasteiger partial charge in [0.25, 0.3) is 5.91 Å². The number of carbonyl (C=O) groups is 1. The van der Waals surface area contributed by atoms with Gasteiger partial charge in [-0.1, -0.05) is 12.1 Å². The number of hydrogen-bond donors (Lipinski definition) is 2. The topological polar surface area (TPSA) is 108 Å². The maximum atomic E-state index is 12.5. The van der Waals surface area contributed by atoms with Gasteiger partial charge in [-0.2, -0.15) is 5.10 Å². The van der Waals surface area contributed by atoms with E-state index < -0.39 is 15.9 Å². The van der Waals surface area contributed by atoms with Gasteiger partial charge in [0.2, 0.25) is 10.0 Å². The van der Waals surface area contributed by atoms with Crippen molar-refractivity contribution in [2.24, 2.45) is 22.9 Å². The van der Waals surface area contributed by atoms with Crippen LogP contribution in [-0.4, -0.2) is 45.6 Å². The highest BCUT2D eigenvalue weighted by atomic mass is 32.2. The van der Waals surface area contributed by atoms with E-state index in [-0.39, 0.29) is 23.5 Å². The molecule has 0 aromatic heterocycles. The molecule has 36 heavy (non-hydrogen) atoms. The normalized spacial score (nSPS) is 26.8. The number of rotatable bonds is 8. The summed E-state index contributed by atoms with van der Waals surface area (Å²) in [6, 6.07) is 12.4. The molecule has 4 saturated carbocycles. The second-order valence-electron chi connectivity index (χ2n) is 10.7. The van der Waals surface area contributed by atoms with Crippen LogP contribution in [0.25, 0.3) is 0 Å². The summed E-state index contributed by atoms with van der Waals surface area (Å²) in [5.41, 5.74) is 4.98. The molecule has 4 aliphatic carbocycles. The fourth-order valence-electron chi connectivity index (χ4n) is 6.96. The first-order valence-corrected chi connectivity index (χ1v) is 14.3.